The lowest BCUT2D eigenvalue weighted by molar-refractivity contribution is 0.586. The molecule has 18 heavy (non-hydrogen) atoms. The molecule has 0 aliphatic heterocycles. The average Bonchev–Trinajstić information content (AvgIpc) is 2.72. The first-order chi connectivity index (χ1) is 8.66. The summed E-state index contributed by atoms with van der Waals surface area (Å²) in [6.45, 7) is 6.42. The van der Waals surface area contributed by atoms with Gasteiger partial charge in [0.1, 0.15) is 5.76 Å². The highest BCUT2D eigenvalue weighted by molar-refractivity contribution is 5.95. The van der Waals surface area contributed by atoms with E-state index in [1.807, 2.05) is 12.3 Å². The zero-order chi connectivity index (χ0) is 12.7. The van der Waals surface area contributed by atoms with Crippen LogP contribution in [0.25, 0.3) is 22.1 Å². The van der Waals surface area contributed by atoms with Gasteiger partial charge in [-0.05, 0) is 31.9 Å². The van der Waals surface area contributed by atoms with Gasteiger partial charge in [0.15, 0.2) is 0 Å². The lowest BCUT2D eigenvalue weighted by Crippen LogP contribution is -1.89. The van der Waals surface area contributed by atoms with E-state index in [2.05, 4.69) is 51.1 Å². The standard InChI is InChI=1S/C17H16O/c1-11-8-12(2)16(13(3)9-11)17-15-7-5-4-6-14(15)10-18-17/h4-10H,1-3H3. The van der Waals surface area contributed by atoms with Crippen molar-refractivity contribution in [2.75, 3.05) is 0 Å². The van der Waals surface area contributed by atoms with Crippen molar-refractivity contribution < 1.29 is 4.42 Å². The molecule has 0 amide bonds. The van der Waals surface area contributed by atoms with Crippen LogP contribution in [0, 0.1) is 20.8 Å². The summed E-state index contributed by atoms with van der Waals surface area (Å²) in [5.41, 5.74) is 5.06. The molecule has 2 aromatic carbocycles. The monoisotopic (exact) mass is 236 g/mol. The minimum absolute atomic E-state index is 0.987. The summed E-state index contributed by atoms with van der Waals surface area (Å²) in [6, 6.07) is 12.7. The van der Waals surface area contributed by atoms with Crippen molar-refractivity contribution in [1.82, 2.24) is 0 Å². The average molecular weight is 236 g/mol. The van der Waals surface area contributed by atoms with E-state index in [9.17, 15) is 0 Å². The van der Waals surface area contributed by atoms with Crippen molar-refractivity contribution in [2.45, 2.75) is 20.8 Å². The van der Waals surface area contributed by atoms with Crippen LogP contribution in [0.4, 0.5) is 0 Å². The zero-order valence-electron chi connectivity index (χ0n) is 10.9. The molecule has 0 bridgehead atoms. The fourth-order valence-electron chi connectivity index (χ4n) is 2.72. The molecule has 1 heterocycles. The largest absolute Gasteiger partial charge is 0.463 e. The predicted octanol–water partition coefficient (Wildman–Crippen LogP) is 5.03. The fourth-order valence-corrected chi connectivity index (χ4v) is 2.72. The second-order valence-corrected chi connectivity index (χ2v) is 4.93. The summed E-state index contributed by atoms with van der Waals surface area (Å²) in [4.78, 5) is 0. The van der Waals surface area contributed by atoms with Crippen LogP contribution in [-0.2, 0) is 0 Å². The van der Waals surface area contributed by atoms with E-state index in [1.165, 1.54) is 27.6 Å². The molecule has 0 N–H and O–H groups in total. The third-order valence-corrected chi connectivity index (χ3v) is 3.41. The van der Waals surface area contributed by atoms with E-state index < -0.39 is 0 Å². The lowest BCUT2D eigenvalue weighted by Gasteiger charge is -2.09. The number of aryl methyl sites for hydroxylation is 3. The maximum absolute atomic E-state index is 5.80. The molecule has 3 aromatic rings. The van der Waals surface area contributed by atoms with Crippen molar-refractivity contribution in [3.8, 4) is 11.3 Å². The van der Waals surface area contributed by atoms with Crippen LogP contribution in [0.2, 0.25) is 0 Å². The van der Waals surface area contributed by atoms with Gasteiger partial charge in [-0.1, -0.05) is 42.0 Å². The van der Waals surface area contributed by atoms with E-state index in [0.717, 1.165) is 11.1 Å². The van der Waals surface area contributed by atoms with Gasteiger partial charge >= 0.3 is 0 Å². The molecule has 1 nitrogen and oxygen atoms in total. The molecule has 90 valence electrons. The Balaban J connectivity index is 2.33. The normalized spacial score (nSPS) is 11.1. The van der Waals surface area contributed by atoms with Crippen LogP contribution in [0.3, 0.4) is 0 Å². The molecule has 1 heteroatoms. The predicted molar refractivity (Wildman–Crippen MR) is 75.9 cm³/mol. The van der Waals surface area contributed by atoms with Crippen LogP contribution < -0.4 is 0 Å². The van der Waals surface area contributed by atoms with E-state index in [0.29, 0.717) is 0 Å². The Hall–Kier alpha value is -2.02. The molecule has 0 radical (unpaired) electrons. The van der Waals surface area contributed by atoms with E-state index >= 15 is 0 Å². The highest BCUT2D eigenvalue weighted by atomic mass is 16.3. The number of fused-ring (bicyclic) bond motifs is 1. The quantitative estimate of drug-likeness (QED) is 0.578. The molecule has 0 atom stereocenters. The smallest absolute Gasteiger partial charge is 0.142 e. The molecule has 0 saturated heterocycles. The molecule has 0 aliphatic rings. The fraction of sp³-hybridized carbons (Fsp3) is 0.176. The lowest BCUT2D eigenvalue weighted by atomic mass is 9.96. The molecule has 0 unspecified atom stereocenters. The molecular weight excluding hydrogens is 220 g/mol. The SMILES string of the molecule is Cc1cc(C)c(-c2occ3ccccc23)c(C)c1. The number of hydrogen-bond acceptors (Lipinski definition) is 1. The van der Waals surface area contributed by atoms with Crippen molar-refractivity contribution in [2.24, 2.45) is 0 Å². The second kappa shape index (κ2) is 4.02. The Kier molecular flexibility index (Phi) is 2.48. The first-order valence-electron chi connectivity index (χ1n) is 6.21. The molecular formula is C17H16O. The van der Waals surface area contributed by atoms with Gasteiger partial charge in [0.25, 0.3) is 0 Å². The Morgan fingerprint density at radius 1 is 0.889 bits per heavy atom. The third-order valence-electron chi connectivity index (χ3n) is 3.41. The van der Waals surface area contributed by atoms with E-state index in [4.69, 9.17) is 4.42 Å². The van der Waals surface area contributed by atoms with Crippen LogP contribution in [-0.4, -0.2) is 0 Å². The number of rotatable bonds is 1. The van der Waals surface area contributed by atoms with Gasteiger partial charge in [0, 0.05) is 16.3 Å². The Morgan fingerprint density at radius 3 is 2.28 bits per heavy atom. The Bertz CT molecular complexity index is 696. The van der Waals surface area contributed by atoms with Crippen LogP contribution in [0.15, 0.2) is 47.1 Å². The van der Waals surface area contributed by atoms with Gasteiger partial charge in [-0.25, -0.2) is 0 Å². The van der Waals surface area contributed by atoms with Gasteiger partial charge < -0.3 is 4.42 Å². The number of furan rings is 1. The number of benzene rings is 2. The summed E-state index contributed by atoms with van der Waals surface area (Å²) in [5, 5.41) is 2.35. The molecule has 3 rings (SSSR count). The summed E-state index contributed by atoms with van der Waals surface area (Å²) < 4.78 is 5.80. The zero-order valence-corrected chi connectivity index (χ0v) is 10.9. The minimum atomic E-state index is 0.987. The second-order valence-electron chi connectivity index (χ2n) is 4.93. The highest BCUT2D eigenvalue weighted by Crippen LogP contribution is 2.35. The summed E-state index contributed by atoms with van der Waals surface area (Å²) >= 11 is 0. The Morgan fingerprint density at radius 2 is 1.56 bits per heavy atom. The summed E-state index contributed by atoms with van der Waals surface area (Å²) in [5.74, 6) is 0.987. The summed E-state index contributed by atoms with van der Waals surface area (Å²) in [6.07, 6.45) is 1.84. The molecule has 0 spiro atoms. The van der Waals surface area contributed by atoms with Gasteiger partial charge in [0.05, 0.1) is 6.26 Å². The minimum Gasteiger partial charge on any atom is -0.463 e. The van der Waals surface area contributed by atoms with Crippen LogP contribution in [0.1, 0.15) is 16.7 Å². The molecule has 0 fully saturated rings. The van der Waals surface area contributed by atoms with Crippen LogP contribution in [0.5, 0.6) is 0 Å². The third kappa shape index (κ3) is 1.63. The van der Waals surface area contributed by atoms with Gasteiger partial charge in [0.2, 0.25) is 0 Å². The maximum Gasteiger partial charge on any atom is 0.142 e. The van der Waals surface area contributed by atoms with Gasteiger partial charge in [-0.3, -0.25) is 0 Å². The molecule has 0 saturated carbocycles. The van der Waals surface area contributed by atoms with Gasteiger partial charge in [-0.2, -0.15) is 0 Å². The van der Waals surface area contributed by atoms with E-state index in [1.54, 1.807) is 0 Å². The van der Waals surface area contributed by atoms with Crippen molar-refractivity contribution in [1.29, 1.82) is 0 Å². The summed E-state index contributed by atoms with van der Waals surface area (Å²) in [7, 11) is 0. The molecule has 0 aliphatic carbocycles. The van der Waals surface area contributed by atoms with E-state index in [-0.39, 0.29) is 0 Å². The van der Waals surface area contributed by atoms with Crippen molar-refractivity contribution in [3.05, 3.63) is 59.4 Å². The maximum atomic E-state index is 5.80. The van der Waals surface area contributed by atoms with Crippen LogP contribution >= 0.6 is 0 Å². The number of hydrogen-bond donors (Lipinski definition) is 0. The van der Waals surface area contributed by atoms with Crippen molar-refractivity contribution >= 4 is 10.8 Å². The Labute approximate surface area is 107 Å². The highest BCUT2D eigenvalue weighted by Gasteiger charge is 2.13. The first-order valence-corrected chi connectivity index (χ1v) is 6.21. The first kappa shape index (κ1) is 11.1. The van der Waals surface area contributed by atoms with Gasteiger partial charge in [-0.15, -0.1) is 0 Å². The van der Waals surface area contributed by atoms with Crippen molar-refractivity contribution in [3.63, 3.8) is 0 Å². The molecule has 1 aromatic heterocycles. The topological polar surface area (TPSA) is 13.1 Å².